The maximum Gasteiger partial charge on any atom is 0.232 e. The van der Waals surface area contributed by atoms with E-state index >= 15 is 0 Å². The lowest BCUT2D eigenvalue weighted by Crippen LogP contribution is -2.06. The van der Waals surface area contributed by atoms with Crippen LogP contribution in [0.1, 0.15) is 12.7 Å². The number of rotatable bonds is 3. The van der Waals surface area contributed by atoms with Gasteiger partial charge in [0.2, 0.25) is 11.9 Å². The lowest BCUT2D eigenvalue weighted by atomic mass is 10.1. The number of aromatic nitrogens is 3. The lowest BCUT2D eigenvalue weighted by Gasteiger charge is -2.09. The summed E-state index contributed by atoms with van der Waals surface area (Å²) >= 11 is 0. The van der Waals surface area contributed by atoms with Crippen molar-refractivity contribution in [2.75, 3.05) is 11.1 Å². The molecule has 0 bridgehead atoms. The van der Waals surface area contributed by atoms with Gasteiger partial charge in [-0.2, -0.15) is 15.0 Å². The van der Waals surface area contributed by atoms with Crippen LogP contribution in [0.25, 0.3) is 10.8 Å². The highest BCUT2D eigenvalue weighted by atomic mass is 15.2. The molecule has 0 unspecified atom stereocenters. The number of anilines is 3. The van der Waals surface area contributed by atoms with Crippen molar-refractivity contribution in [2.45, 2.75) is 13.3 Å². The number of benzene rings is 2. The van der Waals surface area contributed by atoms with E-state index in [9.17, 15) is 0 Å². The summed E-state index contributed by atoms with van der Waals surface area (Å²) in [5, 5.41) is 5.50. The summed E-state index contributed by atoms with van der Waals surface area (Å²) in [7, 11) is 0. The van der Waals surface area contributed by atoms with Gasteiger partial charge in [0.25, 0.3) is 0 Å². The predicted octanol–water partition coefficient (Wildman–Crippen LogP) is 2.91. The van der Waals surface area contributed by atoms with Crippen LogP contribution in [0.3, 0.4) is 0 Å². The molecule has 0 aliphatic rings. The Kier molecular flexibility index (Phi) is 3.16. The minimum Gasteiger partial charge on any atom is -0.368 e. The molecule has 2 aromatic carbocycles. The van der Waals surface area contributed by atoms with Gasteiger partial charge in [-0.25, -0.2) is 0 Å². The molecule has 3 aromatic rings. The zero-order valence-corrected chi connectivity index (χ0v) is 11.2. The highest BCUT2D eigenvalue weighted by Gasteiger charge is 2.05. The van der Waals surface area contributed by atoms with Gasteiger partial charge in [0.15, 0.2) is 0 Å². The lowest BCUT2D eigenvalue weighted by molar-refractivity contribution is 0.913. The summed E-state index contributed by atoms with van der Waals surface area (Å²) in [5.74, 6) is 1.39. The molecule has 1 heterocycles. The van der Waals surface area contributed by atoms with Crippen LogP contribution in [-0.4, -0.2) is 15.0 Å². The Bertz CT molecular complexity index is 749. The van der Waals surface area contributed by atoms with Crippen LogP contribution < -0.4 is 11.1 Å². The number of hydrogen-bond acceptors (Lipinski definition) is 5. The van der Waals surface area contributed by atoms with E-state index < -0.39 is 0 Å². The summed E-state index contributed by atoms with van der Waals surface area (Å²) in [4.78, 5) is 12.5. The second kappa shape index (κ2) is 5.13. The monoisotopic (exact) mass is 265 g/mol. The number of fused-ring (bicyclic) bond motifs is 1. The molecule has 0 amide bonds. The molecular weight excluding hydrogens is 250 g/mol. The van der Waals surface area contributed by atoms with Crippen LogP contribution in [-0.2, 0) is 6.42 Å². The highest BCUT2D eigenvalue weighted by Crippen LogP contribution is 2.25. The molecule has 0 fully saturated rings. The third kappa shape index (κ3) is 2.38. The minimum atomic E-state index is 0.236. The zero-order valence-electron chi connectivity index (χ0n) is 11.2. The molecule has 0 radical (unpaired) electrons. The third-order valence-corrected chi connectivity index (χ3v) is 3.05. The van der Waals surface area contributed by atoms with Gasteiger partial charge < -0.3 is 11.1 Å². The quantitative estimate of drug-likeness (QED) is 0.761. The third-order valence-electron chi connectivity index (χ3n) is 3.05. The molecule has 1 aromatic heterocycles. The van der Waals surface area contributed by atoms with Crippen molar-refractivity contribution in [1.82, 2.24) is 15.0 Å². The normalized spacial score (nSPS) is 10.7. The molecular formula is C15H15N5. The van der Waals surface area contributed by atoms with E-state index in [1.165, 1.54) is 0 Å². The molecule has 0 spiro atoms. The molecule has 0 saturated heterocycles. The van der Waals surface area contributed by atoms with Gasteiger partial charge in [0.1, 0.15) is 5.82 Å². The number of aryl methyl sites for hydroxylation is 1. The van der Waals surface area contributed by atoms with Crippen LogP contribution in [0.5, 0.6) is 0 Å². The molecule has 5 nitrogen and oxygen atoms in total. The van der Waals surface area contributed by atoms with Gasteiger partial charge in [-0.15, -0.1) is 0 Å². The fourth-order valence-corrected chi connectivity index (χ4v) is 2.11. The van der Waals surface area contributed by atoms with Crippen LogP contribution in [0, 0.1) is 0 Å². The van der Waals surface area contributed by atoms with E-state index in [0.29, 0.717) is 11.8 Å². The summed E-state index contributed by atoms with van der Waals surface area (Å²) in [6.45, 7) is 1.98. The summed E-state index contributed by atoms with van der Waals surface area (Å²) in [5.41, 5.74) is 6.65. The second-order valence-electron chi connectivity index (χ2n) is 4.44. The Balaban J connectivity index is 2.03. The van der Waals surface area contributed by atoms with Crippen LogP contribution in [0.4, 0.5) is 17.6 Å². The highest BCUT2D eigenvalue weighted by molar-refractivity contribution is 5.94. The van der Waals surface area contributed by atoms with Crippen molar-refractivity contribution in [3.63, 3.8) is 0 Å². The van der Waals surface area contributed by atoms with Gasteiger partial charge in [-0.1, -0.05) is 43.3 Å². The molecule has 5 heteroatoms. The smallest absolute Gasteiger partial charge is 0.232 e. The average molecular weight is 265 g/mol. The van der Waals surface area contributed by atoms with Crippen molar-refractivity contribution in [2.24, 2.45) is 0 Å². The van der Waals surface area contributed by atoms with E-state index in [0.717, 1.165) is 22.9 Å². The van der Waals surface area contributed by atoms with Gasteiger partial charge in [-0.05, 0) is 11.5 Å². The first kappa shape index (κ1) is 12.3. The Morgan fingerprint density at radius 2 is 1.80 bits per heavy atom. The topological polar surface area (TPSA) is 76.7 Å². The predicted molar refractivity (Wildman–Crippen MR) is 80.8 cm³/mol. The maximum absolute atomic E-state index is 5.70. The number of nitrogen functional groups attached to an aromatic ring is 1. The number of nitrogens with one attached hydrogen (secondary N) is 1. The minimum absolute atomic E-state index is 0.236. The fraction of sp³-hybridized carbons (Fsp3) is 0.133. The fourth-order valence-electron chi connectivity index (χ4n) is 2.11. The van der Waals surface area contributed by atoms with E-state index in [1.807, 2.05) is 31.2 Å². The number of nitrogens with two attached hydrogens (primary N) is 1. The van der Waals surface area contributed by atoms with Crippen molar-refractivity contribution in [3.05, 3.63) is 48.3 Å². The Morgan fingerprint density at radius 3 is 2.65 bits per heavy atom. The van der Waals surface area contributed by atoms with Crippen molar-refractivity contribution < 1.29 is 0 Å². The Hall–Kier alpha value is -2.69. The van der Waals surface area contributed by atoms with E-state index in [2.05, 4.69) is 38.5 Å². The summed E-state index contributed by atoms with van der Waals surface area (Å²) in [6.07, 6.45) is 0.719. The van der Waals surface area contributed by atoms with E-state index in [1.54, 1.807) is 0 Å². The van der Waals surface area contributed by atoms with Gasteiger partial charge in [0, 0.05) is 17.5 Å². The average Bonchev–Trinajstić information content (AvgIpc) is 2.47. The van der Waals surface area contributed by atoms with Crippen LogP contribution >= 0.6 is 0 Å². The molecule has 0 aliphatic carbocycles. The summed E-state index contributed by atoms with van der Waals surface area (Å²) < 4.78 is 0. The number of hydrogen-bond donors (Lipinski definition) is 2. The first-order valence-electron chi connectivity index (χ1n) is 6.51. The molecule has 0 saturated carbocycles. The Morgan fingerprint density at radius 1 is 1.00 bits per heavy atom. The first-order valence-corrected chi connectivity index (χ1v) is 6.51. The van der Waals surface area contributed by atoms with Crippen LogP contribution in [0.2, 0.25) is 0 Å². The second-order valence-corrected chi connectivity index (χ2v) is 4.44. The molecule has 3 rings (SSSR count). The van der Waals surface area contributed by atoms with E-state index in [-0.39, 0.29) is 5.95 Å². The van der Waals surface area contributed by atoms with Crippen molar-refractivity contribution in [1.29, 1.82) is 0 Å². The van der Waals surface area contributed by atoms with Crippen molar-refractivity contribution in [3.8, 4) is 0 Å². The van der Waals surface area contributed by atoms with Gasteiger partial charge >= 0.3 is 0 Å². The van der Waals surface area contributed by atoms with Gasteiger partial charge in [0.05, 0.1) is 0 Å². The molecule has 100 valence electrons. The molecule has 0 atom stereocenters. The van der Waals surface area contributed by atoms with Crippen LogP contribution in [0.15, 0.2) is 42.5 Å². The first-order chi connectivity index (χ1) is 9.76. The van der Waals surface area contributed by atoms with E-state index in [4.69, 9.17) is 5.73 Å². The standard InChI is InChI=1S/C15H15N5/c1-2-13-18-14(16)20-15(19-13)17-12-9-5-7-10-6-3-4-8-11(10)12/h3-9H,2H2,1H3,(H3,16,17,18,19,20). The molecule has 3 N–H and O–H groups in total. The molecule has 20 heavy (non-hydrogen) atoms. The molecule has 0 aliphatic heterocycles. The number of nitrogens with zero attached hydrogens (tertiary/aromatic N) is 3. The van der Waals surface area contributed by atoms with Crippen molar-refractivity contribution >= 4 is 28.4 Å². The SMILES string of the molecule is CCc1nc(N)nc(Nc2cccc3ccccc23)n1. The zero-order chi connectivity index (χ0) is 13.9. The Labute approximate surface area is 116 Å². The summed E-state index contributed by atoms with van der Waals surface area (Å²) in [6, 6.07) is 14.2. The largest absolute Gasteiger partial charge is 0.368 e. The maximum atomic E-state index is 5.70. The van der Waals surface area contributed by atoms with Gasteiger partial charge in [-0.3, -0.25) is 0 Å².